The Morgan fingerprint density at radius 3 is 2.33 bits per heavy atom. The summed E-state index contributed by atoms with van der Waals surface area (Å²) >= 11 is 3.67. The summed E-state index contributed by atoms with van der Waals surface area (Å²) in [7, 11) is 0. The van der Waals surface area contributed by atoms with Crippen molar-refractivity contribution in [3.63, 3.8) is 0 Å². The molecule has 2 aromatic heterocycles. The fraction of sp³-hybridized carbons (Fsp3) is 0.222. The van der Waals surface area contributed by atoms with Gasteiger partial charge in [-0.3, -0.25) is 0 Å². The van der Waals surface area contributed by atoms with Crippen LogP contribution in [-0.4, -0.2) is 0 Å². The Balaban J connectivity index is 1.76. The highest BCUT2D eigenvalue weighted by Crippen LogP contribution is 2.27. The monoisotopic (exact) mass is 313 g/mol. The fourth-order valence-electron chi connectivity index (χ4n) is 2.50. The largest absolute Gasteiger partial charge is 0.302 e. The molecule has 1 nitrogen and oxygen atoms in total. The van der Waals surface area contributed by atoms with Gasteiger partial charge in [-0.2, -0.15) is 0 Å². The molecule has 0 aliphatic rings. The van der Waals surface area contributed by atoms with E-state index in [1.54, 1.807) is 0 Å². The highest BCUT2D eigenvalue weighted by molar-refractivity contribution is 7.10. The minimum absolute atomic E-state index is 0.346. The van der Waals surface area contributed by atoms with E-state index in [0.717, 1.165) is 6.42 Å². The van der Waals surface area contributed by atoms with Crippen molar-refractivity contribution < 1.29 is 0 Å². The minimum atomic E-state index is 0.346. The van der Waals surface area contributed by atoms with Crippen LogP contribution in [0.2, 0.25) is 0 Å². The quantitative estimate of drug-likeness (QED) is 0.638. The van der Waals surface area contributed by atoms with Gasteiger partial charge in [-0.05, 0) is 35.4 Å². The van der Waals surface area contributed by atoms with Crippen LogP contribution >= 0.6 is 22.7 Å². The van der Waals surface area contributed by atoms with Gasteiger partial charge >= 0.3 is 0 Å². The molecule has 0 aliphatic carbocycles. The molecular weight excluding hydrogens is 294 g/mol. The molecule has 1 unspecified atom stereocenters. The zero-order valence-electron chi connectivity index (χ0n) is 12.0. The van der Waals surface area contributed by atoms with Crippen LogP contribution < -0.4 is 5.32 Å². The van der Waals surface area contributed by atoms with Crippen molar-refractivity contribution >= 4 is 22.7 Å². The third-order valence-electron chi connectivity index (χ3n) is 3.62. The normalized spacial score (nSPS) is 14.0. The molecular formula is C18H19NS2. The van der Waals surface area contributed by atoms with Crippen LogP contribution in [0.5, 0.6) is 0 Å². The summed E-state index contributed by atoms with van der Waals surface area (Å²) in [6.07, 6.45) is 1.05. The second-order valence-corrected chi connectivity index (χ2v) is 7.16. The summed E-state index contributed by atoms with van der Waals surface area (Å²) in [5.74, 6) is 0. The van der Waals surface area contributed by atoms with Gasteiger partial charge in [0, 0.05) is 28.3 Å². The van der Waals surface area contributed by atoms with Crippen molar-refractivity contribution in [2.75, 3.05) is 0 Å². The smallest absolute Gasteiger partial charge is 0.0468 e. The van der Waals surface area contributed by atoms with Gasteiger partial charge in [-0.25, -0.2) is 0 Å². The van der Waals surface area contributed by atoms with Crippen molar-refractivity contribution in [1.29, 1.82) is 0 Å². The van der Waals surface area contributed by atoms with E-state index in [4.69, 9.17) is 0 Å². The lowest BCUT2D eigenvalue weighted by Gasteiger charge is -2.22. The molecule has 3 heteroatoms. The molecule has 0 saturated carbocycles. The van der Waals surface area contributed by atoms with E-state index in [0.29, 0.717) is 12.1 Å². The van der Waals surface area contributed by atoms with Crippen molar-refractivity contribution in [3.05, 3.63) is 80.7 Å². The molecule has 0 fully saturated rings. The van der Waals surface area contributed by atoms with Crippen molar-refractivity contribution in [3.8, 4) is 0 Å². The summed E-state index contributed by atoms with van der Waals surface area (Å²) in [4.78, 5) is 2.84. The van der Waals surface area contributed by atoms with Gasteiger partial charge < -0.3 is 5.32 Å². The molecule has 3 rings (SSSR count). The number of hydrogen-bond acceptors (Lipinski definition) is 3. The van der Waals surface area contributed by atoms with Crippen LogP contribution in [0.1, 0.15) is 34.3 Å². The van der Waals surface area contributed by atoms with E-state index < -0.39 is 0 Å². The highest BCUT2D eigenvalue weighted by Gasteiger charge is 2.17. The van der Waals surface area contributed by atoms with Crippen molar-refractivity contribution in [2.24, 2.45) is 0 Å². The Kier molecular flexibility index (Phi) is 4.86. The third kappa shape index (κ3) is 3.82. The number of rotatable bonds is 6. The molecule has 0 saturated heterocycles. The Bertz CT molecular complexity index is 629. The molecule has 0 radical (unpaired) electrons. The maximum Gasteiger partial charge on any atom is 0.0468 e. The molecule has 0 bridgehead atoms. The lowest BCUT2D eigenvalue weighted by atomic mass is 10.1. The molecule has 2 heterocycles. The highest BCUT2D eigenvalue weighted by atomic mass is 32.1. The zero-order valence-corrected chi connectivity index (χ0v) is 13.7. The van der Waals surface area contributed by atoms with E-state index in [-0.39, 0.29) is 0 Å². The predicted molar refractivity (Wildman–Crippen MR) is 93.1 cm³/mol. The first kappa shape index (κ1) is 14.5. The van der Waals surface area contributed by atoms with Crippen LogP contribution in [0, 0.1) is 0 Å². The van der Waals surface area contributed by atoms with Gasteiger partial charge in [0.1, 0.15) is 0 Å². The predicted octanol–water partition coefficient (Wildman–Crippen LogP) is 5.44. The first-order valence-electron chi connectivity index (χ1n) is 7.19. The Labute approximate surface area is 134 Å². The minimum Gasteiger partial charge on any atom is -0.302 e. The van der Waals surface area contributed by atoms with Gasteiger partial charge in [-0.15, -0.1) is 22.7 Å². The van der Waals surface area contributed by atoms with Crippen LogP contribution in [0.4, 0.5) is 0 Å². The molecule has 2 atom stereocenters. The van der Waals surface area contributed by atoms with Crippen molar-refractivity contribution in [1.82, 2.24) is 5.32 Å². The summed E-state index contributed by atoms with van der Waals surface area (Å²) in [6.45, 7) is 2.24. The number of benzene rings is 1. The van der Waals surface area contributed by atoms with E-state index in [9.17, 15) is 0 Å². The average Bonchev–Trinajstić information content (AvgIpc) is 3.21. The van der Waals surface area contributed by atoms with E-state index in [1.165, 1.54) is 15.3 Å². The fourth-order valence-corrected chi connectivity index (χ4v) is 4.04. The summed E-state index contributed by atoms with van der Waals surface area (Å²) in [5, 5.41) is 8.10. The van der Waals surface area contributed by atoms with Crippen LogP contribution in [0.25, 0.3) is 0 Å². The van der Waals surface area contributed by atoms with Gasteiger partial charge in [0.2, 0.25) is 0 Å². The molecule has 0 amide bonds. The lowest BCUT2D eigenvalue weighted by molar-refractivity contribution is 0.472. The third-order valence-corrected chi connectivity index (χ3v) is 5.51. The zero-order chi connectivity index (χ0) is 14.5. The molecule has 21 heavy (non-hydrogen) atoms. The summed E-state index contributed by atoms with van der Waals surface area (Å²) in [6, 6.07) is 20.1. The van der Waals surface area contributed by atoms with E-state index >= 15 is 0 Å². The van der Waals surface area contributed by atoms with Crippen LogP contribution in [-0.2, 0) is 6.42 Å². The SMILES string of the molecule is C[C@H](NC(Cc1cccs1)c1cccs1)c1ccccc1. The standard InChI is InChI=1S/C18H19NS2/c1-14(15-7-3-2-4-8-15)19-17(18-10-6-12-21-18)13-16-9-5-11-20-16/h2-12,14,17,19H,13H2,1H3/t14-,17?/m0/s1. The number of thiophene rings is 2. The maximum absolute atomic E-state index is 3.79. The number of nitrogens with one attached hydrogen (secondary N) is 1. The van der Waals surface area contributed by atoms with Gasteiger partial charge in [-0.1, -0.05) is 42.5 Å². The van der Waals surface area contributed by atoms with Gasteiger partial charge in [0.15, 0.2) is 0 Å². The van der Waals surface area contributed by atoms with E-state index in [2.05, 4.69) is 77.6 Å². The molecule has 0 spiro atoms. The molecule has 3 aromatic rings. The molecule has 0 aliphatic heterocycles. The average molecular weight is 313 g/mol. The molecule has 108 valence electrons. The van der Waals surface area contributed by atoms with Crippen LogP contribution in [0.15, 0.2) is 65.4 Å². The molecule has 1 N–H and O–H groups in total. The second-order valence-electron chi connectivity index (χ2n) is 5.15. The second kappa shape index (κ2) is 7.03. The Hall–Kier alpha value is -1.42. The first-order chi connectivity index (χ1) is 10.3. The lowest BCUT2D eigenvalue weighted by Crippen LogP contribution is -2.25. The first-order valence-corrected chi connectivity index (χ1v) is 8.95. The summed E-state index contributed by atoms with van der Waals surface area (Å²) in [5.41, 5.74) is 1.34. The molecule has 1 aromatic carbocycles. The Morgan fingerprint density at radius 1 is 0.905 bits per heavy atom. The maximum atomic E-state index is 3.79. The van der Waals surface area contributed by atoms with Gasteiger partial charge in [0.25, 0.3) is 0 Å². The van der Waals surface area contributed by atoms with E-state index in [1.807, 2.05) is 22.7 Å². The number of hydrogen-bond donors (Lipinski definition) is 1. The topological polar surface area (TPSA) is 12.0 Å². The summed E-state index contributed by atoms with van der Waals surface area (Å²) < 4.78 is 0. The van der Waals surface area contributed by atoms with Gasteiger partial charge in [0.05, 0.1) is 0 Å². The van der Waals surface area contributed by atoms with Crippen molar-refractivity contribution in [2.45, 2.75) is 25.4 Å². The van der Waals surface area contributed by atoms with Crippen LogP contribution in [0.3, 0.4) is 0 Å². The Morgan fingerprint density at radius 2 is 1.67 bits per heavy atom.